The molecule has 0 aromatic heterocycles. The molecule has 1 heterocycles. The van der Waals surface area contributed by atoms with Gasteiger partial charge in [-0.15, -0.1) is 11.8 Å². The zero-order chi connectivity index (χ0) is 32.7. The molecule has 1 N–H and O–H groups in total. The molecule has 6 nitrogen and oxygen atoms in total. The topological polar surface area (TPSA) is 89.9 Å². The lowest BCUT2D eigenvalue weighted by Gasteiger charge is -2.23. The molecule has 3 aromatic rings. The summed E-state index contributed by atoms with van der Waals surface area (Å²) < 4.78 is 120. The van der Waals surface area contributed by atoms with E-state index < -0.39 is 56.7 Å². The summed E-state index contributed by atoms with van der Waals surface area (Å²) in [6, 6.07) is 10.6. The van der Waals surface area contributed by atoms with Gasteiger partial charge in [0.2, 0.25) is 0 Å². The second-order valence-electron chi connectivity index (χ2n) is 11.0. The molecule has 0 radical (unpaired) electrons. The van der Waals surface area contributed by atoms with Crippen molar-refractivity contribution in [2.75, 3.05) is 24.4 Å². The molecule has 3 aromatic carbocycles. The number of rotatable bonds is 10. The summed E-state index contributed by atoms with van der Waals surface area (Å²) in [6.45, 7) is -0.387. The monoisotopic (exact) mass is 674 g/mol. The molecule has 1 aliphatic heterocycles. The summed E-state index contributed by atoms with van der Waals surface area (Å²) in [5.41, 5.74) is -2.55. The Morgan fingerprint density at radius 3 is 2.29 bits per heavy atom. The fourth-order valence-electron chi connectivity index (χ4n) is 5.79. The number of halogens is 6. The van der Waals surface area contributed by atoms with E-state index in [2.05, 4.69) is 0 Å². The van der Waals surface area contributed by atoms with Crippen molar-refractivity contribution in [2.24, 2.45) is 0 Å². The minimum atomic E-state index is -5.17. The van der Waals surface area contributed by atoms with Gasteiger partial charge >= 0.3 is 18.3 Å². The first kappa shape index (κ1) is 33.0. The van der Waals surface area contributed by atoms with Crippen molar-refractivity contribution in [3.63, 3.8) is 0 Å². The number of carbonyl (C=O) groups is 1. The molecule has 242 valence electrons. The maximum atomic E-state index is 14.4. The maximum Gasteiger partial charge on any atom is 0.417 e. The molecule has 0 saturated carbocycles. The van der Waals surface area contributed by atoms with E-state index in [4.69, 9.17) is 14.6 Å². The zero-order valence-corrected chi connectivity index (χ0v) is 25.4. The van der Waals surface area contributed by atoms with Crippen LogP contribution in [0.3, 0.4) is 0 Å². The molecule has 2 aliphatic rings. The number of benzene rings is 3. The van der Waals surface area contributed by atoms with Crippen LogP contribution in [0.25, 0.3) is 11.1 Å². The molecule has 5 rings (SSSR count). The van der Waals surface area contributed by atoms with Crippen LogP contribution >= 0.6 is 11.8 Å². The standard InChI is InChI=1S/C31H28F6O6S2/c1-45(40,41)11-3-10-42-19-13-24(30(32,33)34)29(25(14-19)31(35,36)37)23-5-2-4-22-21(23)8-9-26(22)43-18-6-7-20-17(12-28(38)39)16-44-27(20)15-18/h2,4-7,13-15,17,26H,3,8-12,16H2,1H3,(H,38,39)/t17-,26?/m1/s1. The zero-order valence-electron chi connectivity index (χ0n) is 23.8. The van der Waals surface area contributed by atoms with Gasteiger partial charge in [-0.3, -0.25) is 4.79 Å². The summed E-state index contributed by atoms with van der Waals surface area (Å²) >= 11 is 1.50. The third-order valence-electron chi connectivity index (χ3n) is 7.70. The Kier molecular flexibility index (Phi) is 9.11. The van der Waals surface area contributed by atoms with Gasteiger partial charge in [0.1, 0.15) is 27.4 Å². The van der Waals surface area contributed by atoms with Gasteiger partial charge < -0.3 is 14.6 Å². The summed E-state index contributed by atoms with van der Waals surface area (Å²) in [5, 5.41) is 9.16. The molecular weight excluding hydrogens is 646 g/mol. The number of aliphatic carboxylic acids is 1. The van der Waals surface area contributed by atoms with E-state index in [1.165, 1.54) is 23.9 Å². The van der Waals surface area contributed by atoms with Gasteiger partial charge in [0.15, 0.2) is 0 Å². The highest BCUT2D eigenvalue weighted by atomic mass is 32.2. The molecule has 0 fully saturated rings. The van der Waals surface area contributed by atoms with Gasteiger partial charge in [-0.25, -0.2) is 8.42 Å². The Labute approximate surface area is 259 Å². The van der Waals surface area contributed by atoms with Crippen LogP contribution in [-0.4, -0.2) is 43.9 Å². The summed E-state index contributed by atoms with van der Waals surface area (Å²) in [6.07, 6.45) is -9.61. The summed E-state index contributed by atoms with van der Waals surface area (Å²) in [4.78, 5) is 12.0. The largest absolute Gasteiger partial charge is 0.494 e. The molecular formula is C31H28F6O6S2. The number of hydrogen-bond acceptors (Lipinski definition) is 6. The highest BCUT2D eigenvalue weighted by Gasteiger charge is 2.43. The molecule has 0 bridgehead atoms. The molecule has 14 heteroatoms. The first-order chi connectivity index (χ1) is 21.0. The van der Waals surface area contributed by atoms with Crippen LogP contribution in [0.1, 0.15) is 59.1 Å². The number of alkyl halides is 6. The molecule has 1 aliphatic carbocycles. The predicted molar refractivity (Wildman–Crippen MR) is 156 cm³/mol. The Morgan fingerprint density at radius 2 is 1.67 bits per heavy atom. The van der Waals surface area contributed by atoms with Crippen molar-refractivity contribution in [1.29, 1.82) is 0 Å². The Bertz CT molecular complexity index is 1680. The smallest absolute Gasteiger partial charge is 0.417 e. The van der Waals surface area contributed by atoms with Crippen molar-refractivity contribution in [2.45, 2.75) is 55.0 Å². The van der Waals surface area contributed by atoms with Crippen molar-refractivity contribution >= 4 is 27.6 Å². The summed E-state index contributed by atoms with van der Waals surface area (Å²) in [5.74, 6) is -0.972. The van der Waals surface area contributed by atoms with Crippen LogP contribution in [0.4, 0.5) is 26.3 Å². The lowest BCUT2D eigenvalue weighted by atomic mass is 9.88. The van der Waals surface area contributed by atoms with Crippen molar-refractivity contribution in [3.8, 4) is 22.6 Å². The van der Waals surface area contributed by atoms with Gasteiger partial charge in [-0.1, -0.05) is 24.3 Å². The number of carboxylic acids is 1. The quantitative estimate of drug-likeness (QED) is 0.173. The Hall–Kier alpha value is -3.39. The highest BCUT2D eigenvalue weighted by Crippen LogP contribution is 2.50. The predicted octanol–water partition coefficient (Wildman–Crippen LogP) is 7.94. The van der Waals surface area contributed by atoms with Crippen LogP contribution in [0.2, 0.25) is 0 Å². The van der Waals surface area contributed by atoms with Crippen LogP contribution in [-0.2, 0) is 33.4 Å². The molecule has 0 spiro atoms. The average molecular weight is 675 g/mol. The SMILES string of the molecule is CS(=O)(=O)CCCOc1cc(C(F)(F)F)c(-c2cccc3c2CCC3Oc2ccc3c(c2)SC[C@H]3CC(=O)O)c(C(F)(F)F)c1. The number of fused-ring (bicyclic) bond motifs is 2. The van der Waals surface area contributed by atoms with Crippen LogP contribution in [0.15, 0.2) is 53.4 Å². The van der Waals surface area contributed by atoms with E-state index >= 15 is 0 Å². The van der Waals surface area contributed by atoms with E-state index in [0.29, 0.717) is 41.2 Å². The first-order valence-corrected chi connectivity index (χ1v) is 17.0. The second kappa shape index (κ2) is 12.4. The minimum absolute atomic E-state index is 0.00486. The lowest BCUT2D eigenvalue weighted by Crippen LogP contribution is -2.16. The van der Waals surface area contributed by atoms with Gasteiger partial charge in [-0.2, -0.15) is 26.3 Å². The molecule has 0 saturated heterocycles. The lowest BCUT2D eigenvalue weighted by molar-refractivity contribution is -0.142. The third-order valence-corrected chi connectivity index (χ3v) is 9.96. The minimum Gasteiger partial charge on any atom is -0.494 e. The normalized spacial score (nSPS) is 18.0. The Balaban J connectivity index is 1.49. The number of hydrogen-bond donors (Lipinski definition) is 1. The van der Waals surface area contributed by atoms with E-state index in [1.54, 1.807) is 24.3 Å². The molecule has 2 atom stereocenters. The summed E-state index contributed by atoms with van der Waals surface area (Å²) in [7, 11) is -3.39. The number of carboxylic acid groups (broad SMARTS) is 1. The van der Waals surface area contributed by atoms with E-state index in [9.17, 15) is 39.6 Å². The van der Waals surface area contributed by atoms with Crippen LogP contribution in [0, 0.1) is 0 Å². The third kappa shape index (κ3) is 7.54. The van der Waals surface area contributed by atoms with Gasteiger partial charge in [-0.05, 0) is 65.8 Å². The fourth-order valence-corrected chi connectivity index (χ4v) is 7.72. The van der Waals surface area contributed by atoms with E-state index in [0.717, 1.165) is 16.7 Å². The number of sulfone groups is 1. The number of ether oxygens (including phenoxy) is 2. The van der Waals surface area contributed by atoms with Crippen molar-refractivity contribution < 1.29 is 54.1 Å². The van der Waals surface area contributed by atoms with Crippen molar-refractivity contribution in [1.82, 2.24) is 0 Å². The van der Waals surface area contributed by atoms with E-state index in [-0.39, 0.29) is 43.1 Å². The second-order valence-corrected chi connectivity index (χ2v) is 14.4. The molecule has 1 unspecified atom stereocenters. The van der Waals surface area contributed by atoms with Crippen molar-refractivity contribution in [3.05, 3.63) is 76.3 Å². The average Bonchev–Trinajstić information content (AvgIpc) is 3.52. The first-order valence-electron chi connectivity index (χ1n) is 13.9. The van der Waals surface area contributed by atoms with Gasteiger partial charge in [0.05, 0.1) is 29.9 Å². The molecule has 0 amide bonds. The maximum absolute atomic E-state index is 14.4. The van der Waals surface area contributed by atoms with Crippen LogP contribution in [0.5, 0.6) is 11.5 Å². The highest BCUT2D eigenvalue weighted by molar-refractivity contribution is 7.99. The fraction of sp³-hybridized carbons (Fsp3) is 0.387. The van der Waals surface area contributed by atoms with Gasteiger partial charge in [0, 0.05) is 28.4 Å². The number of thioether (sulfide) groups is 1. The van der Waals surface area contributed by atoms with Crippen LogP contribution < -0.4 is 9.47 Å². The Morgan fingerprint density at radius 1 is 0.978 bits per heavy atom. The van der Waals surface area contributed by atoms with Gasteiger partial charge in [0.25, 0.3) is 0 Å². The molecule has 45 heavy (non-hydrogen) atoms. The van der Waals surface area contributed by atoms with E-state index in [1.807, 2.05) is 0 Å².